The van der Waals surface area contributed by atoms with Gasteiger partial charge in [-0.1, -0.05) is 87.5 Å². The van der Waals surface area contributed by atoms with E-state index in [1.54, 1.807) is 0 Å². The van der Waals surface area contributed by atoms with Crippen molar-refractivity contribution in [2.24, 2.45) is 7.05 Å². The number of benzene rings is 5. The highest BCUT2D eigenvalue weighted by Gasteiger charge is 2.24. The molecule has 2 heterocycles. The molecule has 0 unspecified atom stereocenters. The van der Waals surface area contributed by atoms with Crippen molar-refractivity contribution in [1.82, 2.24) is 4.57 Å². The van der Waals surface area contributed by atoms with Gasteiger partial charge in [-0.2, -0.15) is 4.57 Å². The van der Waals surface area contributed by atoms with Crippen LogP contribution in [0.3, 0.4) is 0 Å². The molecule has 0 radical (unpaired) electrons. The number of fused-ring (bicyclic) bond motifs is 5. The lowest BCUT2D eigenvalue weighted by atomic mass is 9.80. The third-order valence-electron chi connectivity index (χ3n) is 8.41. The fraction of sp³-hybridized carbons (Fsp3) is 0.162. The maximum absolute atomic E-state index is 2.43. The molecule has 0 saturated carbocycles. The first kappa shape index (κ1) is 23.7. The van der Waals surface area contributed by atoms with Crippen LogP contribution >= 0.6 is 0 Å². The predicted molar refractivity (Wildman–Crippen MR) is 166 cm³/mol. The van der Waals surface area contributed by atoms with Crippen molar-refractivity contribution in [3.05, 3.63) is 120 Å². The van der Waals surface area contributed by atoms with Gasteiger partial charge < -0.3 is 4.57 Å². The van der Waals surface area contributed by atoms with Crippen LogP contribution in [0, 0.1) is 6.92 Å². The Bertz CT molecular complexity index is 2020. The van der Waals surface area contributed by atoms with E-state index in [0.717, 1.165) is 0 Å². The quantitative estimate of drug-likeness (QED) is 0.207. The molecule has 2 aromatic heterocycles. The highest BCUT2D eigenvalue weighted by atomic mass is 15.0. The monoisotopic (exact) mass is 505 g/mol. The minimum absolute atomic E-state index is 0.0428. The van der Waals surface area contributed by atoms with E-state index in [2.05, 4.69) is 153 Å². The van der Waals surface area contributed by atoms with Crippen molar-refractivity contribution in [1.29, 1.82) is 0 Å². The smallest absolute Gasteiger partial charge is 0.214 e. The summed E-state index contributed by atoms with van der Waals surface area (Å²) in [6.07, 6.45) is 0. The van der Waals surface area contributed by atoms with Crippen LogP contribution in [0.1, 0.15) is 31.9 Å². The van der Waals surface area contributed by atoms with E-state index in [-0.39, 0.29) is 5.41 Å². The van der Waals surface area contributed by atoms with Gasteiger partial charge in [-0.3, -0.25) is 0 Å². The zero-order valence-electron chi connectivity index (χ0n) is 23.3. The second-order valence-electron chi connectivity index (χ2n) is 11.7. The normalized spacial score (nSPS) is 12.2. The molecular weight excluding hydrogens is 472 g/mol. The fourth-order valence-electron chi connectivity index (χ4n) is 6.46. The summed E-state index contributed by atoms with van der Waals surface area (Å²) >= 11 is 0. The standard InChI is InChI=1S/C37H33N2/c1-24-25-13-6-7-14-26(25)31(37(2,3)4)23-30(24)33-22-21-29-32(38(33)5)19-12-20-36(29)39-34-17-10-8-15-27(34)28-16-9-11-18-35(28)39/h6-23H,1-5H3/q+1. The first-order chi connectivity index (χ1) is 18.8. The van der Waals surface area contributed by atoms with Crippen molar-refractivity contribution in [3.8, 4) is 16.9 Å². The zero-order chi connectivity index (χ0) is 26.9. The molecule has 7 rings (SSSR count). The minimum atomic E-state index is 0.0428. The van der Waals surface area contributed by atoms with Crippen LogP contribution in [-0.4, -0.2) is 4.57 Å². The number of pyridine rings is 1. The van der Waals surface area contributed by atoms with Gasteiger partial charge >= 0.3 is 0 Å². The Kier molecular flexibility index (Phi) is 5.18. The third-order valence-corrected chi connectivity index (χ3v) is 8.41. The lowest BCUT2D eigenvalue weighted by molar-refractivity contribution is -0.633. The van der Waals surface area contributed by atoms with E-state index >= 15 is 0 Å². The number of nitrogens with zero attached hydrogens (tertiary/aromatic N) is 2. The van der Waals surface area contributed by atoms with Crippen LogP contribution in [0.25, 0.3) is 60.4 Å². The highest BCUT2D eigenvalue weighted by Crippen LogP contribution is 2.38. The van der Waals surface area contributed by atoms with Crippen LogP contribution in [0.15, 0.2) is 109 Å². The summed E-state index contributed by atoms with van der Waals surface area (Å²) in [5.74, 6) is 0. The molecule has 0 fully saturated rings. The molecule has 0 atom stereocenters. The van der Waals surface area contributed by atoms with Crippen molar-refractivity contribution >= 4 is 43.5 Å². The van der Waals surface area contributed by atoms with E-state index in [4.69, 9.17) is 0 Å². The lowest BCUT2D eigenvalue weighted by Gasteiger charge is -2.24. The Balaban J connectivity index is 1.52. The van der Waals surface area contributed by atoms with Gasteiger partial charge in [0.05, 0.1) is 22.1 Å². The van der Waals surface area contributed by atoms with Crippen molar-refractivity contribution in [3.63, 3.8) is 0 Å². The molecule has 7 aromatic rings. The molecule has 2 heteroatoms. The molecule has 0 bridgehead atoms. The zero-order valence-corrected chi connectivity index (χ0v) is 23.3. The lowest BCUT2D eigenvalue weighted by Crippen LogP contribution is -2.32. The van der Waals surface area contributed by atoms with Gasteiger partial charge in [0.1, 0.15) is 7.05 Å². The minimum Gasteiger partial charge on any atom is -0.308 e. The molecule has 0 aliphatic rings. The maximum atomic E-state index is 2.43. The summed E-state index contributed by atoms with van der Waals surface area (Å²) in [6, 6.07) is 40.0. The van der Waals surface area contributed by atoms with Crippen molar-refractivity contribution < 1.29 is 4.57 Å². The second-order valence-corrected chi connectivity index (χ2v) is 11.7. The van der Waals surface area contributed by atoms with Crippen molar-refractivity contribution in [2.75, 3.05) is 0 Å². The molecule has 0 saturated heterocycles. The Morgan fingerprint density at radius 1 is 0.590 bits per heavy atom. The van der Waals surface area contributed by atoms with Crippen molar-refractivity contribution in [2.45, 2.75) is 33.1 Å². The second kappa shape index (κ2) is 8.54. The molecule has 5 aromatic carbocycles. The van der Waals surface area contributed by atoms with Crippen LogP contribution in [0.4, 0.5) is 0 Å². The third kappa shape index (κ3) is 3.51. The molecular formula is C37H33N2+. The van der Waals surface area contributed by atoms with Gasteiger partial charge in [-0.05, 0) is 64.6 Å². The van der Waals surface area contributed by atoms with Crippen LogP contribution < -0.4 is 4.57 Å². The first-order valence-corrected chi connectivity index (χ1v) is 13.8. The first-order valence-electron chi connectivity index (χ1n) is 13.8. The van der Waals surface area contributed by atoms with E-state index in [1.165, 1.54) is 71.6 Å². The highest BCUT2D eigenvalue weighted by molar-refractivity contribution is 6.10. The summed E-state index contributed by atoms with van der Waals surface area (Å²) in [7, 11) is 2.21. The Morgan fingerprint density at radius 3 is 1.82 bits per heavy atom. The molecule has 39 heavy (non-hydrogen) atoms. The maximum Gasteiger partial charge on any atom is 0.214 e. The fourth-order valence-corrected chi connectivity index (χ4v) is 6.46. The average Bonchev–Trinajstić information content (AvgIpc) is 3.27. The molecule has 0 aliphatic carbocycles. The van der Waals surface area contributed by atoms with E-state index in [1.807, 2.05) is 0 Å². The number of hydrogen-bond acceptors (Lipinski definition) is 0. The molecule has 0 aliphatic heterocycles. The van der Waals surface area contributed by atoms with Crippen LogP contribution in [-0.2, 0) is 12.5 Å². The number of para-hydroxylation sites is 2. The SMILES string of the molecule is Cc1c(-c2ccc3c(-n4c5ccccc5c5ccccc54)cccc3[n+]2C)cc(C(C)(C)C)c2ccccc12. The summed E-state index contributed by atoms with van der Waals surface area (Å²) in [5.41, 5.74) is 10.2. The van der Waals surface area contributed by atoms with Gasteiger partial charge in [0, 0.05) is 28.5 Å². The molecule has 2 nitrogen and oxygen atoms in total. The van der Waals surface area contributed by atoms with Gasteiger partial charge in [0.15, 0.2) is 0 Å². The van der Waals surface area contributed by atoms with Crippen LogP contribution in [0.2, 0.25) is 0 Å². The molecule has 0 amide bonds. The van der Waals surface area contributed by atoms with E-state index in [0.29, 0.717) is 0 Å². The number of aromatic nitrogens is 2. The molecule has 190 valence electrons. The largest absolute Gasteiger partial charge is 0.308 e. The molecule has 0 N–H and O–H groups in total. The number of rotatable bonds is 2. The van der Waals surface area contributed by atoms with E-state index < -0.39 is 0 Å². The van der Waals surface area contributed by atoms with E-state index in [9.17, 15) is 0 Å². The van der Waals surface area contributed by atoms with Gasteiger partial charge in [0.25, 0.3) is 0 Å². The number of hydrogen-bond donors (Lipinski definition) is 0. The Hall–Kier alpha value is -4.43. The summed E-state index contributed by atoms with van der Waals surface area (Å²) < 4.78 is 4.79. The Labute approximate surface area is 229 Å². The van der Waals surface area contributed by atoms with Gasteiger partial charge in [-0.15, -0.1) is 0 Å². The van der Waals surface area contributed by atoms with Crippen LogP contribution in [0.5, 0.6) is 0 Å². The van der Waals surface area contributed by atoms with Gasteiger partial charge in [-0.25, -0.2) is 0 Å². The molecule has 0 spiro atoms. The average molecular weight is 506 g/mol. The summed E-state index contributed by atoms with van der Waals surface area (Å²) in [6.45, 7) is 9.20. The topological polar surface area (TPSA) is 8.81 Å². The summed E-state index contributed by atoms with van der Waals surface area (Å²) in [5, 5.41) is 6.49. The Morgan fingerprint density at radius 2 is 1.18 bits per heavy atom. The predicted octanol–water partition coefficient (Wildman–Crippen LogP) is 9.19. The van der Waals surface area contributed by atoms with Gasteiger partial charge in [0.2, 0.25) is 11.2 Å². The number of aryl methyl sites for hydroxylation is 2. The summed E-state index contributed by atoms with van der Waals surface area (Å²) in [4.78, 5) is 0.